The van der Waals surface area contributed by atoms with E-state index in [1.165, 1.54) is 12.1 Å². The minimum atomic E-state index is -0.408. The molecule has 0 aliphatic carbocycles. The van der Waals surface area contributed by atoms with E-state index < -0.39 is 6.10 Å². The van der Waals surface area contributed by atoms with Crippen molar-refractivity contribution in [2.45, 2.75) is 25.5 Å². The van der Waals surface area contributed by atoms with Crippen molar-refractivity contribution < 1.29 is 9.50 Å². The van der Waals surface area contributed by atoms with Crippen LogP contribution in [-0.2, 0) is 0 Å². The van der Waals surface area contributed by atoms with Crippen LogP contribution in [0.15, 0.2) is 48.7 Å². The third-order valence-electron chi connectivity index (χ3n) is 3.54. The molecule has 0 saturated carbocycles. The van der Waals surface area contributed by atoms with Crippen molar-refractivity contribution in [2.75, 3.05) is 13.6 Å². The van der Waals surface area contributed by atoms with E-state index in [4.69, 9.17) is 0 Å². The first-order valence-electron chi connectivity index (χ1n) is 7.16. The Kier molecular flexibility index (Phi) is 5.42. The lowest BCUT2D eigenvalue weighted by Crippen LogP contribution is -2.33. The van der Waals surface area contributed by atoms with Crippen LogP contribution in [0.4, 0.5) is 4.39 Å². The molecule has 112 valence electrons. The predicted molar refractivity (Wildman–Crippen MR) is 81.4 cm³/mol. The van der Waals surface area contributed by atoms with Gasteiger partial charge in [0.2, 0.25) is 0 Å². The van der Waals surface area contributed by atoms with Gasteiger partial charge in [-0.05, 0) is 43.3 Å². The summed E-state index contributed by atoms with van der Waals surface area (Å²) in [7, 11) is 1.92. The SMILES string of the molecule is CC[C@H](O)CN(C)C(c1cccc(F)c1)c1ccccn1. The highest BCUT2D eigenvalue weighted by molar-refractivity contribution is 5.28. The molecule has 1 N–H and O–H groups in total. The maximum Gasteiger partial charge on any atom is 0.123 e. The Morgan fingerprint density at radius 1 is 1.24 bits per heavy atom. The van der Waals surface area contributed by atoms with E-state index in [0.717, 1.165) is 11.3 Å². The predicted octanol–water partition coefficient (Wildman–Crippen LogP) is 3.01. The smallest absolute Gasteiger partial charge is 0.123 e. The van der Waals surface area contributed by atoms with E-state index in [-0.39, 0.29) is 11.9 Å². The van der Waals surface area contributed by atoms with Crippen molar-refractivity contribution in [1.82, 2.24) is 9.88 Å². The highest BCUT2D eigenvalue weighted by Gasteiger charge is 2.22. The number of aromatic nitrogens is 1. The van der Waals surface area contributed by atoms with Gasteiger partial charge in [0, 0.05) is 12.7 Å². The summed E-state index contributed by atoms with van der Waals surface area (Å²) in [6.45, 7) is 2.45. The van der Waals surface area contributed by atoms with E-state index in [2.05, 4.69) is 4.98 Å². The molecule has 1 aromatic carbocycles. The Morgan fingerprint density at radius 2 is 2.05 bits per heavy atom. The fourth-order valence-electron chi connectivity index (χ4n) is 2.43. The van der Waals surface area contributed by atoms with Crippen LogP contribution in [0.2, 0.25) is 0 Å². The van der Waals surface area contributed by atoms with Crippen molar-refractivity contribution in [3.8, 4) is 0 Å². The molecule has 0 bridgehead atoms. The van der Waals surface area contributed by atoms with E-state index >= 15 is 0 Å². The van der Waals surface area contributed by atoms with E-state index in [1.54, 1.807) is 12.3 Å². The molecule has 0 fully saturated rings. The molecule has 1 aromatic heterocycles. The van der Waals surface area contributed by atoms with E-state index in [9.17, 15) is 9.50 Å². The first-order valence-corrected chi connectivity index (χ1v) is 7.16. The van der Waals surface area contributed by atoms with Crippen LogP contribution in [0, 0.1) is 5.82 Å². The molecule has 0 saturated heterocycles. The van der Waals surface area contributed by atoms with Crippen LogP contribution in [-0.4, -0.2) is 34.7 Å². The lowest BCUT2D eigenvalue weighted by atomic mass is 10.0. The van der Waals surface area contributed by atoms with Crippen molar-refractivity contribution in [1.29, 1.82) is 0 Å². The summed E-state index contributed by atoms with van der Waals surface area (Å²) in [5.41, 5.74) is 1.67. The number of hydrogen-bond donors (Lipinski definition) is 1. The number of pyridine rings is 1. The molecule has 0 aliphatic heterocycles. The molecule has 1 unspecified atom stereocenters. The van der Waals surface area contributed by atoms with Gasteiger partial charge in [0.15, 0.2) is 0 Å². The second kappa shape index (κ2) is 7.29. The summed E-state index contributed by atoms with van der Waals surface area (Å²) in [4.78, 5) is 6.40. The van der Waals surface area contributed by atoms with Gasteiger partial charge in [0.25, 0.3) is 0 Å². The standard InChI is InChI=1S/C17H21FN2O/c1-3-15(21)12-20(2)17(16-9-4-5-10-19-16)13-7-6-8-14(18)11-13/h4-11,15,17,21H,3,12H2,1-2H3/t15-,17?/m0/s1. The number of hydrogen-bond acceptors (Lipinski definition) is 3. The molecule has 2 rings (SSSR count). The first-order chi connectivity index (χ1) is 10.1. The number of rotatable bonds is 6. The monoisotopic (exact) mass is 288 g/mol. The number of nitrogens with zero attached hydrogens (tertiary/aromatic N) is 2. The topological polar surface area (TPSA) is 36.4 Å². The van der Waals surface area contributed by atoms with E-state index in [1.807, 2.05) is 43.1 Å². The molecular weight excluding hydrogens is 267 g/mol. The summed E-state index contributed by atoms with van der Waals surface area (Å²) in [5.74, 6) is -0.266. The number of halogens is 1. The molecular formula is C17H21FN2O. The Balaban J connectivity index is 2.35. The summed E-state index contributed by atoms with van der Waals surface area (Å²) >= 11 is 0. The Hall–Kier alpha value is -1.78. The van der Waals surface area contributed by atoms with Gasteiger partial charge in [-0.15, -0.1) is 0 Å². The molecule has 21 heavy (non-hydrogen) atoms. The van der Waals surface area contributed by atoms with Gasteiger partial charge in [0.1, 0.15) is 5.82 Å². The van der Waals surface area contributed by atoms with Gasteiger partial charge < -0.3 is 5.11 Å². The second-order valence-corrected chi connectivity index (χ2v) is 5.21. The van der Waals surface area contributed by atoms with Crippen molar-refractivity contribution in [3.05, 3.63) is 65.7 Å². The average molecular weight is 288 g/mol. The largest absolute Gasteiger partial charge is 0.392 e. The molecule has 1 heterocycles. The third-order valence-corrected chi connectivity index (χ3v) is 3.54. The van der Waals surface area contributed by atoms with Gasteiger partial charge in [-0.1, -0.05) is 25.1 Å². The van der Waals surface area contributed by atoms with Crippen LogP contribution in [0.25, 0.3) is 0 Å². The Bertz CT molecular complexity index is 562. The van der Waals surface area contributed by atoms with Gasteiger partial charge in [-0.3, -0.25) is 9.88 Å². The van der Waals surface area contributed by atoms with Crippen molar-refractivity contribution in [3.63, 3.8) is 0 Å². The van der Waals surface area contributed by atoms with Gasteiger partial charge >= 0.3 is 0 Å². The highest BCUT2D eigenvalue weighted by atomic mass is 19.1. The van der Waals surface area contributed by atoms with Gasteiger partial charge in [-0.2, -0.15) is 0 Å². The van der Waals surface area contributed by atoms with Crippen molar-refractivity contribution >= 4 is 0 Å². The fourth-order valence-corrected chi connectivity index (χ4v) is 2.43. The van der Waals surface area contributed by atoms with Crippen LogP contribution in [0.1, 0.15) is 30.6 Å². The molecule has 4 heteroatoms. The van der Waals surface area contributed by atoms with Crippen molar-refractivity contribution in [2.24, 2.45) is 0 Å². The summed E-state index contributed by atoms with van der Waals surface area (Å²) in [6, 6.07) is 12.1. The second-order valence-electron chi connectivity index (χ2n) is 5.21. The molecule has 0 spiro atoms. The zero-order valence-electron chi connectivity index (χ0n) is 12.4. The fraction of sp³-hybridized carbons (Fsp3) is 0.353. The zero-order chi connectivity index (χ0) is 15.2. The molecule has 0 aliphatic rings. The maximum atomic E-state index is 13.5. The Morgan fingerprint density at radius 3 is 2.67 bits per heavy atom. The Labute approximate surface area is 125 Å². The molecule has 2 aromatic rings. The van der Waals surface area contributed by atoms with Gasteiger partial charge in [0.05, 0.1) is 17.8 Å². The van der Waals surface area contributed by atoms with Crippen LogP contribution < -0.4 is 0 Å². The summed E-state index contributed by atoms with van der Waals surface area (Å²) < 4.78 is 13.5. The lowest BCUT2D eigenvalue weighted by Gasteiger charge is -2.29. The highest BCUT2D eigenvalue weighted by Crippen LogP contribution is 2.26. The first kappa shape index (κ1) is 15.6. The summed E-state index contributed by atoms with van der Waals surface area (Å²) in [5, 5.41) is 9.89. The normalized spacial score (nSPS) is 14.1. The average Bonchev–Trinajstić information content (AvgIpc) is 2.48. The number of aliphatic hydroxyl groups excluding tert-OH is 1. The molecule has 2 atom stereocenters. The minimum Gasteiger partial charge on any atom is -0.392 e. The number of aliphatic hydroxyl groups is 1. The van der Waals surface area contributed by atoms with Crippen LogP contribution in [0.5, 0.6) is 0 Å². The van der Waals surface area contributed by atoms with Gasteiger partial charge in [-0.25, -0.2) is 4.39 Å². The molecule has 3 nitrogen and oxygen atoms in total. The summed E-state index contributed by atoms with van der Waals surface area (Å²) in [6.07, 6.45) is 2.00. The number of likely N-dealkylation sites (N-methyl/N-ethyl adjacent to an activating group) is 1. The number of benzene rings is 1. The van der Waals surface area contributed by atoms with Crippen LogP contribution in [0.3, 0.4) is 0 Å². The molecule has 0 amide bonds. The quantitative estimate of drug-likeness (QED) is 0.887. The van der Waals surface area contributed by atoms with Crippen LogP contribution >= 0.6 is 0 Å². The molecule has 0 radical (unpaired) electrons. The van der Waals surface area contributed by atoms with E-state index in [0.29, 0.717) is 13.0 Å². The maximum absolute atomic E-state index is 13.5. The zero-order valence-corrected chi connectivity index (χ0v) is 12.4. The minimum absolute atomic E-state index is 0.178. The lowest BCUT2D eigenvalue weighted by molar-refractivity contribution is 0.108. The third kappa shape index (κ3) is 4.09.